The molecular weight excluding hydrogens is 300 g/mol. The lowest BCUT2D eigenvalue weighted by molar-refractivity contribution is 0.115. The van der Waals surface area contributed by atoms with Crippen LogP contribution in [0.3, 0.4) is 0 Å². The predicted octanol–water partition coefficient (Wildman–Crippen LogP) is 2.86. The van der Waals surface area contributed by atoms with Crippen molar-refractivity contribution in [3.63, 3.8) is 0 Å². The van der Waals surface area contributed by atoms with Crippen molar-refractivity contribution in [2.45, 2.75) is 52.1 Å². The van der Waals surface area contributed by atoms with Crippen LogP contribution in [0.1, 0.15) is 37.9 Å². The summed E-state index contributed by atoms with van der Waals surface area (Å²) in [6.45, 7) is 7.57. The molecule has 2 N–H and O–H groups in total. The van der Waals surface area contributed by atoms with E-state index in [0.29, 0.717) is 12.0 Å². The van der Waals surface area contributed by atoms with Crippen LogP contribution in [-0.2, 0) is 6.42 Å². The second-order valence-electron chi connectivity index (χ2n) is 7.17. The number of nitrogens with one attached hydrogen (secondary N) is 1. The number of aromatic nitrogens is 1. The molecule has 4 heteroatoms. The number of pyridine rings is 1. The van der Waals surface area contributed by atoms with Gasteiger partial charge in [-0.05, 0) is 48.8 Å². The van der Waals surface area contributed by atoms with Gasteiger partial charge in [0.2, 0.25) is 0 Å². The third-order valence-corrected chi connectivity index (χ3v) is 5.65. The highest BCUT2D eigenvalue weighted by Crippen LogP contribution is 2.31. The summed E-state index contributed by atoms with van der Waals surface area (Å²) in [5, 5.41) is 11.5. The molecule has 2 aromatic rings. The highest BCUT2D eigenvalue weighted by molar-refractivity contribution is 5.84. The van der Waals surface area contributed by atoms with E-state index in [-0.39, 0.29) is 18.2 Å². The maximum Gasteiger partial charge on any atom is 0.256 e. The molecule has 0 amide bonds. The fourth-order valence-corrected chi connectivity index (χ4v) is 4.23. The average Bonchev–Trinajstić information content (AvgIpc) is 2.88. The summed E-state index contributed by atoms with van der Waals surface area (Å²) >= 11 is 0. The number of rotatable bonds is 5. The molecule has 3 atom stereocenters. The largest absolute Gasteiger partial charge is 0.395 e. The van der Waals surface area contributed by atoms with Crippen LogP contribution in [0.25, 0.3) is 10.8 Å². The fraction of sp³-hybridized carbons (Fsp3) is 0.550. The molecule has 2 heterocycles. The molecular formula is C20H28N2O2. The number of aromatic amines is 1. The van der Waals surface area contributed by atoms with E-state index in [4.69, 9.17) is 0 Å². The first-order valence-electron chi connectivity index (χ1n) is 9.03. The number of aliphatic hydroxyl groups excluding tert-OH is 1. The summed E-state index contributed by atoms with van der Waals surface area (Å²) < 4.78 is 0. The van der Waals surface area contributed by atoms with Gasteiger partial charge in [0.05, 0.1) is 6.61 Å². The van der Waals surface area contributed by atoms with E-state index in [1.165, 1.54) is 0 Å². The smallest absolute Gasteiger partial charge is 0.256 e. The zero-order valence-corrected chi connectivity index (χ0v) is 14.9. The predicted molar refractivity (Wildman–Crippen MR) is 98.4 cm³/mol. The highest BCUT2D eigenvalue weighted by Gasteiger charge is 2.36. The average molecular weight is 328 g/mol. The van der Waals surface area contributed by atoms with E-state index in [0.717, 1.165) is 47.8 Å². The Bertz CT molecular complexity index is 768. The van der Waals surface area contributed by atoms with E-state index in [1.54, 1.807) is 0 Å². The quantitative estimate of drug-likeness (QED) is 0.887. The van der Waals surface area contributed by atoms with Gasteiger partial charge >= 0.3 is 0 Å². The maximum atomic E-state index is 12.3. The zero-order chi connectivity index (χ0) is 17.3. The van der Waals surface area contributed by atoms with Crippen molar-refractivity contribution in [3.05, 3.63) is 45.9 Å². The molecule has 1 saturated heterocycles. The number of likely N-dealkylation sites (tertiary alicyclic amines) is 1. The Labute approximate surface area is 143 Å². The minimum absolute atomic E-state index is 0.00765. The van der Waals surface area contributed by atoms with Crippen molar-refractivity contribution in [2.24, 2.45) is 5.92 Å². The maximum absolute atomic E-state index is 12.3. The van der Waals surface area contributed by atoms with Crippen LogP contribution >= 0.6 is 0 Å². The summed E-state index contributed by atoms with van der Waals surface area (Å²) in [7, 11) is 0. The van der Waals surface area contributed by atoms with Crippen LogP contribution in [0, 0.1) is 12.8 Å². The molecule has 0 saturated carbocycles. The van der Waals surface area contributed by atoms with E-state index < -0.39 is 0 Å². The molecule has 1 aromatic heterocycles. The van der Waals surface area contributed by atoms with Gasteiger partial charge in [-0.1, -0.05) is 26.0 Å². The molecule has 3 unspecified atom stereocenters. The second-order valence-corrected chi connectivity index (χ2v) is 7.17. The highest BCUT2D eigenvalue weighted by atomic mass is 16.3. The summed E-state index contributed by atoms with van der Waals surface area (Å²) in [4.78, 5) is 17.8. The van der Waals surface area contributed by atoms with Gasteiger partial charge in [-0.2, -0.15) is 0 Å². The van der Waals surface area contributed by atoms with Gasteiger partial charge in [-0.15, -0.1) is 0 Å². The molecule has 3 rings (SSSR count). The van der Waals surface area contributed by atoms with Crippen LogP contribution < -0.4 is 5.56 Å². The number of fused-ring (bicyclic) bond motifs is 1. The van der Waals surface area contributed by atoms with Gasteiger partial charge in [0, 0.05) is 36.1 Å². The number of benzene rings is 1. The van der Waals surface area contributed by atoms with Crippen LogP contribution in [-0.4, -0.2) is 40.2 Å². The van der Waals surface area contributed by atoms with Crippen molar-refractivity contribution >= 4 is 10.8 Å². The van der Waals surface area contributed by atoms with Crippen molar-refractivity contribution in [3.8, 4) is 0 Å². The Morgan fingerprint density at radius 2 is 2.12 bits per heavy atom. The summed E-state index contributed by atoms with van der Waals surface area (Å²) in [5.41, 5.74) is 2.11. The Kier molecular flexibility index (Phi) is 5.07. The third kappa shape index (κ3) is 3.13. The number of aliphatic hydroxyl groups is 1. The van der Waals surface area contributed by atoms with Crippen LogP contribution in [0.15, 0.2) is 29.1 Å². The molecule has 4 nitrogen and oxygen atoms in total. The van der Waals surface area contributed by atoms with E-state index in [9.17, 15) is 9.90 Å². The minimum atomic E-state index is -0.00765. The van der Waals surface area contributed by atoms with Gasteiger partial charge < -0.3 is 10.1 Å². The lowest BCUT2D eigenvalue weighted by Crippen LogP contribution is -2.40. The van der Waals surface area contributed by atoms with Crippen LogP contribution in [0.4, 0.5) is 0 Å². The SMILES string of the molecule is CCC1CC(C)C(CO)N1CCc1cc2c(C)cccc2c(=O)[nH]1. The molecule has 1 aliphatic rings. The lowest BCUT2D eigenvalue weighted by atomic mass is 10.0. The molecule has 130 valence electrons. The lowest BCUT2D eigenvalue weighted by Gasteiger charge is -2.29. The molecule has 0 bridgehead atoms. The van der Waals surface area contributed by atoms with Gasteiger partial charge in [-0.25, -0.2) is 0 Å². The molecule has 1 aliphatic heterocycles. The first-order valence-corrected chi connectivity index (χ1v) is 9.03. The number of nitrogens with zero attached hydrogens (tertiary/aromatic N) is 1. The topological polar surface area (TPSA) is 56.3 Å². The molecule has 1 fully saturated rings. The summed E-state index contributed by atoms with van der Waals surface area (Å²) in [5.74, 6) is 0.526. The van der Waals surface area contributed by atoms with E-state index >= 15 is 0 Å². The molecule has 0 spiro atoms. The zero-order valence-electron chi connectivity index (χ0n) is 14.9. The monoisotopic (exact) mass is 328 g/mol. The van der Waals surface area contributed by atoms with Crippen molar-refractivity contribution < 1.29 is 5.11 Å². The normalized spacial score (nSPS) is 24.8. The fourth-order valence-electron chi connectivity index (χ4n) is 4.23. The number of hydrogen-bond donors (Lipinski definition) is 2. The third-order valence-electron chi connectivity index (χ3n) is 5.65. The van der Waals surface area contributed by atoms with Gasteiger partial charge in [0.25, 0.3) is 5.56 Å². The molecule has 0 aliphatic carbocycles. The Hall–Kier alpha value is -1.65. The summed E-state index contributed by atoms with van der Waals surface area (Å²) in [6, 6.07) is 8.73. The number of hydrogen-bond acceptors (Lipinski definition) is 3. The Balaban J connectivity index is 1.82. The van der Waals surface area contributed by atoms with Gasteiger partial charge in [0.15, 0.2) is 0 Å². The Morgan fingerprint density at radius 3 is 2.83 bits per heavy atom. The van der Waals surface area contributed by atoms with E-state index in [2.05, 4.69) is 29.8 Å². The van der Waals surface area contributed by atoms with E-state index in [1.807, 2.05) is 25.1 Å². The second kappa shape index (κ2) is 7.08. The van der Waals surface area contributed by atoms with Gasteiger partial charge in [-0.3, -0.25) is 9.69 Å². The molecule has 24 heavy (non-hydrogen) atoms. The Morgan fingerprint density at radius 1 is 1.33 bits per heavy atom. The first kappa shape index (κ1) is 17.2. The van der Waals surface area contributed by atoms with Gasteiger partial charge in [0.1, 0.15) is 0 Å². The molecule has 0 radical (unpaired) electrons. The van der Waals surface area contributed by atoms with Crippen LogP contribution in [0.2, 0.25) is 0 Å². The first-order chi connectivity index (χ1) is 11.5. The standard InChI is InChI=1S/C20H28N2O2/c1-4-16-10-14(3)19(12-23)22(16)9-8-15-11-18-13(2)6-5-7-17(18)20(24)21-15/h5-7,11,14,16,19,23H,4,8-10,12H2,1-3H3,(H,21,24). The van der Waals surface area contributed by atoms with Crippen LogP contribution in [0.5, 0.6) is 0 Å². The number of H-pyrrole nitrogens is 1. The van der Waals surface area contributed by atoms with Crippen molar-refractivity contribution in [2.75, 3.05) is 13.2 Å². The summed E-state index contributed by atoms with van der Waals surface area (Å²) in [6.07, 6.45) is 3.06. The van der Waals surface area contributed by atoms with Crippen molar-refractivity contribution in [1.29, 1.82) is 0 Å². The number of aryl methyl sites for hydroxylation is 1. The molecule has 1 aromatic carbocycles. The van der Waals surface area contributed by atoms with Crippen molar-refractivity contribution in [1.82, 2.24) is 9.88 Å². The minimum Gasteiger partial charge on any atom is -0.395 e.